The zero-order valence-corrected chi connectivity index (χ0v) is 10.8. The van der Waals surface area contributed by atoms with Gasteiger partial charge in [-0.1, -0.05) is 35.9 Å². The van der Waals surface area contributed by atoms with Gasteiger partial charge < -0.3 is 5.32 Å². The van der Waals surface area contributed by atoms with Crippen molar-refractivity contribution < 1.29 is 4.79 Å². The number of aryl methyl sites for hydroxylation is 1. The lowest BCUT2D eigenvalue weighted by molar-refractivity contribution is 0.0944. The summed E-state index contributed by atoms with van der Waals surface area (Å²) < 4.78 is 0. The quantitative estimate of drug-likeness (QED) is 0.880. The third kappa shape index (κ3) is 2.94. The number of carbonyl (C=O) groups excluding carboxylic acids is 1. The van der Waals surface area contributed by atoms with Crippen LogP contribution in [0.2, 0.25) is 0 Å². The van der Waals surface area contributed by atoms with Crippen molar-refractivity contribution >= 4 is 17.2 Å². The predicted octanol–water partition coefficient (Wildman–Crippen LogP) is 3.55. The van der Waals surface area contributed by atoms with Gasteiger partial charge in [-0.25, -0.2) is 0 Å². The van der Waals surface area contributed by atoms with Gasteiger partial charge in [-0.05, 0) is 30.9 Å². The van der Waals surface area contributed by atoms with E-state index >= 15 is 0 Å². The largest absolute Gasteiger partial charge is 0.345 e. The van der Waals surface area contributed by atoms with Gasteiger partial charge in [0.1, 0.15) is 0 Å². The van der Waals surface area contributed by atoms with Crippen molar-refractivity contribution in [2.45, 2.75) is 19.9 Å². The normalized spacial score (nSPS) is 12.1. The molecule has 17 heavy (non-hydrogen) atoms. The molecule has 0 aliphatic carbocycles. The third-order valence-electron chi connectivity index (χ3n) is 2.63. The SMILES string of the molecule is Cc1cccc([C@H](C)NC(=O)c2cccs2)c1. The van der Waals surface area contributed by atoms with Gasteiger partial charge in [0.25, 0.3) is 5.91 Å². The lowest BCUT2D eigenvalue weighted by Gasteiger charge is -2.14. The van der Waals surface area contributed by atoms with Gasteiger partial charge >= 0.3 is 0 Å². The molecule has 2 rings (SSSR count). The molecule has 0 saturated heterocycles. The van der Waals surface area contributed by atoms with E-state index in [9.17, 15) is 4.79 Å². The highest BCUT2D eigenvalue weighted by Gasteiger charge is 2.11. The molecular weight excluding hydrogens is 230 g/mol. The Balaban J connectivity index is 2.07. The summed E-state index contributed by atoms with van der Waals surface area (Å²) in [6.07, 6.45) is 0. The van der Waals surface area contributed by atoms with Crippen LogP contribution in [0.1, 0.15) is 33.8 Å². The van der Waals surface area contributed by atoms with Crippen LogP contribution in [-0.2, 0) is 0 Å². The van der Waals surface area contributed by atoms with Gasteiger partial charge in [-0.2, -0.15) is 0 Å². The molecule has 1 amide bonds. The predicted molar refractivity (Wildman–Crippen MR) is 71.4 cm³/mol. The second kappa shape index (κ2) is 5.15. The highest BCUT2D eigenvalue weighted by molar-refractivity contribution is 7.12. The van der Waals surface area contributed by atoms with Gasteiger partial charge in [0, 0.05) is 0 Å². The van der Waals surface area contributed by atoms with Crippen molar-refractivity contribution in [3.8, 4) is 0 Å². The first-order valence-electron chi connectivity index (χ1n) is 5.58. The van der Waals surface area contributed by atoms with Crippen LogP contribution in [0, 0.1) is 6.92 Å². The molecule has 0 fully saturated rings. The van der Waals surface area contributed by atoms with Crippen LogP contribution < -0.4 is 5.32 Å². The van der Waals surface area contributed by atoms with Crippen LogP contribution in [0.3, 0.4) is 0 Å². The first kappa shape index (κ1) is 11.9. The molecule has 1 aromatic heterocycles. The third-order valence-corrected chi connectivity index (χ3v) is 3.50. The second-order valence-electron chi connectivity index (χ2n) is 4.09. The molecule has 0 aliphatic heterocycles. The van der Waals surface area contributed by atoms with Crippen molar-refractivity contribution in [3.63, 3.8) is 0 Å². The van der Waals surface area contributed by atoms with Gasteiger partial charge in [0.2, 0.25) is 0 Å². The van der Waals surface area contributed by atoms with E-state index in [1.807, 2.05) is 36.6 Å². The van der Waals surface area contributed by atoms with Crippen molar-refractivity contribution in [1.29, 1.82) is 0 Å². The molecular formula is C14H15NOS. The van der Waals surface area contributed by atoms with Crippen LogP contribution in [0.15, 0.2) is 41.8 Å². The maximum Gasteiger partial charge on any atom is 0.261 e. The average molecular weight is 245 g/mol. The van der Waals surface area contributed by atoms with Crippen LogP contribution in [0.25, 0.3) is 0 Å². The Bertz CT molecular complexity index is 505. The molecule has 3 heteroatoms. The number of carbonyl (C=O) groups is 1. The summed E-state index contributed by atoms with van der Waals surface area (Å²) >= 11 is 1.46. The first-order chi connectivity index (χ1) is 8.16. The van der Waals surface area contributed by atoms with Crippen LogP contribution >= 0.6 is 11.3 Å². The fraction of sp³-hybridized carbons (Fsp3) is 0.214. The van der Waals surface area contributed by atoms with E-state index in [4.69, 9.17) is 0 Å². The van der Waals surface area contributed by atoms with Crippen LogP contribution in [-0.4, -0.2) is 5.91 Å². The van der Waals surface area contributed by atoms with Gasteiger partial charge in [0.15, 0.2) is 0 Å². The molecule has 0 bridgehead atoms. The number of hydrogen-bond acceptors (Lipinski definition) is 2. The Morgan fingerprint density at radius 2 is 2.12 bits per heavy atom. The fourth-order valence-electron chi connectivity index (χ4n) is 1.70. The van der Waals surface area contributed by atoms with Crippen molar-refractivity contribution in [2.24, 2.45) is 0 Å². The molecule has 0 saturated carbocycles. The molecule has 0 spiro atoms. The Morgan fingerprint density at radius 1 is 1.29 bits per heavy atom. The van der Waals surface area contributed by atoms with E-state index in [-0.39, 0.29) is 11.9 Å². The fourth-order valence-corrected chi connectivity index (χ4v) is 2.33. The number of nitrogens with one attached hydrogen (secondary N) is 1. The minimum atomic E-state index is -0.00555. The molecule has 1 N–H and O–H groups in total. The minimum Gasteiger partial charge on any atom is -0.345 e. The summed E-state index contributed by atoms with van der Waals surface area (Å²) in [7, 11) is 0. The van der Waals surface area contributed by atoms with Gasteiger partial charge in [-0.3, -0.25) is 4.79 Å². The molecule has 1 atom stereocenters. The topological polar surface area (TPSA) is 29.1 Å². The lowest BCUT2D eigenvalue weighted by atomic mass is 10.1. The van der Waals surface area contributed by atoms with Crippen molar-refractivity contribution in [2.75, 3.05) is 0 Å². The standard InChI is InChI=1S/C14H15NOS/c1-10-5-3-6-12(9-10)11(2)15-14(16)13-7-4-8-17-13/h3-9,11H,1-2H3,(H,15,16)/t11-/m0/s1. The zero-order valence-electron chi connectivity index (χ0n) is 9.94. The molecule has 0 radical (unpaired) electrons. The molecule has 1 heterocycles. The van der Waals surface area contributed by atoms with Crippen molar-refractivity contribution in [3.05, 3.63) is 57.8 Å². The monoisotopic (exact) mass is 245 g/mol. The molecule has 88 valence electrons. The van der Waals surface area contributed by atoms with Crippen LogP contribution in [0.4, 0.5) is 0 Å². The maximum absolute atomic E-state index is 11.9. The number of amides is 1. The van der Waals surface area contributed by atoms with E-state index in [2.05, 4.69) is 24.4 Å². The lowest BCUT2D eigenvalue weighted by Crippen LogP contribution is -2.25. The summed E-state index contributed by atoms with van der Waals surface area (Å²) in [4.78, 5) is 12.6. The highest BCUT2D eigenvalue weighted by Crippen LogP contribution is 2.15. The van der Waals surface area contributed by atoms with Crippen molar-refractivity contribution in [1.82, 2.24) is 5.32 Å². The Morgan fingerprint density at radius 3 is 2.76 bits per heavy atom. The van der Waals surface area contributed by atoms with E-state index in [0.717, 1.165) is 10.4 Å². The number of rotatable bonds is 3. The molecule has 2 aromatic rings. The zero-order chi connectivity index (χ0) is 12.3. The van der Waals surface area contributed by atoms with E-state index in [1.54, 1.807) is 0 Å². The highest BCUT2D eigenvalue weighted by atomic mass is 32.1. The van der Waals surface area contributed by atoms with E-state index in [0.29, 0.717) is 0 Å². The number of thiophene rings is 1. The summed E-state index contributed by atoms with van der Waals surface area (Å²) in [5.41, 5.74) is 2.34. The van der Waals surface area contributed by atoms with Gasteiger partial charge in [-0.15, -0.1) is 11.3 Å². The second-order valence-corrected chi connectivity index (χ2v) is 5.03. The number of benzene rings is 1. The van der Waals surface area contributed by atoms with Gasteiger partial charge in [0.05, 0.1) is 10.9 Å². The Kier molecular flexibility index (Phi) is 3.59. The Hall–Kier alpha value is -1.61. The first-order valence-corrected chi connectivity index (χ1v) is 6.46. The molecule has 2 nitrogen and oxygen atoms in total. The Labute approximate surface area is 105 Å². The molecule has 1 aromatic carbocycles. The number of hydrogen-bond donors (Lipinski definition) is 1. The smallest absolute Gasteiger partial charge is 0.261 e. The maximum atomic E-state index is 11.9. The van der Waals surface area contributed by atoms with E-state index < -0.39 is 0 Å². The summed E-state index contributed by atoms with van der Waals surface area (Å²) in [6.45, 7) is 4.05. The minimum absolute atomic E-state index is 0.00555. The summed E-state index contributed by atoms with van der Waals surface area (Å²) in [5.74, 6) is -0.00555. The summed E-state index contributed by atoms with van der Waals surface area (Å²) in [6, 6.07) is 11.9. The van der Waals surface area contributed by atoms with Crippen LogP contribution in [0.5, 0.6) is 0 Å². The summed E-state index contributed by atoms with van der Waals surface area (Å²) in [5, 5.41) is 4.91. The molecule has 0 unspecified atom stereocenters. The average Bonchev–Trinajstić information content (AvgIpc) is 2.82. The van der Waals surface area contributed by atoms with E-state index in [1.165, 1.54) is 16.9 Å². The molecule has 0 aliphatic rings.